The standard InChI is InChI=1S/C10H22NO2PS2/c1-5-8-11(9-15)14(12,13-7-3)16-10(4)6-2/h9-10H,5-8H2,1-4H3. The second-order valence-electron chi connectivity index (χ2n) is 3.48. The van der Waals surface area contributed by atoms with E-state index < -0.39 is 6.72 Å². The molecule has 0 saturated heterocycles. The predicted octanol–water partition coefficient (Wildman–Crippen LogP) is 4.33. The van der Waals surface area contributed by atoms with Crippen LogP contribution >= 0.6 is 30.3 Å². The molecule has 0 aromatic rings. The van der Waals surface area contributed by atoms with Gasteiger partial charge in [0.15, 0.2) is 0 Å². The van der Waals surface area contributed by atoms with Gasteiger partial charge in [-0.3, -0.25) is 9.24 Å². The lowest BCUT2D eigenvalue weighted by molar-refractivity contribution is 0.318. The number of rotatable bonds is 9. The van der Waals surface area contributed by atoms with Crippen molar-refractivity contribution in [2.75, 3.05) is 13.2 Å². The van der Waals surface area contributed by atoms with Crippen molar-refractivity contribution < 1.29 is 9.09 Å². The molecular formula is C10H22NO2PS2. The van der Waals surface area contributed by atoms with E-state index in [1.807, 2.05) is 13.8 Å². The number of thiocarbonyl (C=S) groups is 1. The monoisotopic (exact) mass is 283 g/mol. The van der Waals surface area contributed by atoms with Crippen molar-refractivity contribution in [1.29, 1.82) is 0 Å². The van der Waals surface area contributed by atoms with Gasteiger partial charge in [0.1, 0.15) is 0 Å². The van der Waals surface area contributed by atoms with Crippen LogP contribution in [0.15, 0.2) is 0 Å². The molecule has 0 N–H and O–H groups in total. The molecule has 0 spiro atoms. The molecule has 2 atom stereocenters. The van der Waals surface area contributed by atoms with Crippen molar-refractivity contribution in [1.82, 2.24) is 4.67 Å². The van der Waals surface area contributed by atoms with Crippen LogP contribution in [-0.4, -0.2) is 28.6 Å². The van der Waals surface area contributed by atoms with Gasteiger partial charge in [0.05, 0.1) is 12.1 Å². The van der Waals surface area contributed by atoms with Gasteiger partial charge >= 0.3 is 6.72 Å². The third-order valence-corrected chi connectivity index (χ3v) is 7.79. The van der Waals surface area contributed by atoms with Crippen LogP contribution in [0.5, 0.6) is 0 Å². The molecule has 0 radical (unpaired) electrons. The van der Waals surface area contributed by atoms with E-state index in [1.54, 1.807) is 4.67 Å². The van der Waals surface area contributed by atoms with Gasteiger partial charge < -0.3 is 4.52 Å². The first-order valence-electron chi connectivity index (χ1n) is 5.69. The zero-order valence-electron chi connectivity index (χ0n) is 10.5. The van der Waals surface area contributed by atoms with E-state index in [0.29, 0.717) is 18.4 Å². The molecule has 2 unspecified atom stereocenters. The fraction of sp³-hybridized carbons (Fsp3) is 0.900. The summed E-state index contributed by atoms with van der Waals surface area (Å²) in [5, 5.41) is 0.312. The average molecular weight is 283 g/mol. The Balaban J connectivity index is 4.76. The van der Waals surface area contributed by atoms with E-state index in [4.69, 9.17) is 16.7 Å². The lowest BCUT2D eigenvalue weighted by Crippen LogP contribution is -2.19. The van der Waals surface area contributed by atoms with Crippen molar-refractivity contribution in [3.63, 3.8) is 0 Å². The van der Waals surface area contributed by atoms with Crippen molar-refractivity contribution >= 4 is 35.8 Å². The minimum absolute atomic E-state index is 0.312. The maximum Gasteiger partial charge on any atom is 0.354 e. The average Bonchev–Trinajstić information content (AvgIpc) is 2.25. The molecule has 0 rings (SSSR count). The summed E-state index contributed by atoms with van der Waals surface area (Å²) in [7, 11) is 0. The Labute approximate surface area is 109 Å². The topological polar surface area (TPSA) is 29.5 Å². The molecule has 3 nitrogen and oxygen atoms in total. The fourth-order valence-electron chi connectivity index (χ4n) is 1.09. The number of hydrogen-bond donors (Lipinski definition) is 0. The molecule has 0 aromatic heterocycles. The minimum atomic E-state index is -2.83. The van der Waals surface area contributed by atoms with Crippen LogP contribution < -0.4 is 0 Å². The molecule has 0 fully saturated rings. The lowest BCUT2D eigenvalue weighted by Gasteiger charge is -2.29. The molecule has 0 heterocycles. The van der Waals surface area contributed by atoms with Gasteiger partial charge in [0.2, 0.25) is 0 Å². The molecular weight excluding hydrogens is 261 g/mol. The largest absolute Gasteiger partial charge is 0.354 e. The van der Waals surface area contributed by atoms with Gasteiger partial charge in [0.25, 0.3) is 0 Å². The smallest absolute Gasteiger partial charge is 0.306 e. The van der Waals surface area contributed by atoms with Crippen molar-refractivity contribution in [3.05, 3.63) is 0 Å². The summed E-state index contributed by atoms with van der Waals surface area (Å²) < 4.78 is 19.8. The first kappa shape index (κ1) is 16.4. The quantitative estimate of drug-likeness (QED) is 0.464. The Morgan fingerprint density at radius 1 is 1.50 bits per heavy atom. The van der Waals surface area contributed by atoms with Gasteiger partial charge in [-0.2, -0.15) is 0 Å². The van der Waals surface area contributed by atoms with Gasteiger partial charge in [0, 0.05) is 11.8 Å². The fourth-order valence-corrected chi connectivity index (χ4v) is 6.63. The minimum Gasteiger partial charge on any atom is -0.306 e. The summed E-state index contributed by atoms with van der Waals surface area (Å²) in [6.07, 6.45) is 1.88. The molecule has 0 bridgehead atoms. The van der Waals surface area contributed by atoms with E-state index >= 15 is 0 Å². The molecule has 0 aliphatic heterocycles. The Bertz CT molecular complexity index is 251. The lowest BCUT2D eigenvalue weighted by atomic mass is 10.4. The van der Waals surface area contributed by atoms with Crippen LogP contribution in [0.25, 0.3) is 0 Å². The maximum atomic E-state index is 12.7. The van der Waals surface area contributed by atoms with Gasteiger partial charge in [-0.05, 0) is 31.1 Å². The van der Waals surface area contributed by atoms with Crippen LogP contribution in [-0.2, 0) is 9.09 Å². The first-order valence-corrected chi connectivity index (χ1v) is 9.22. The molecule has 0 aromatic carbocycles. The van der Waals surface area contributed by atoms with Crippen LogP contribution in [0.2, 0.25) is 0 Å². The predicted molar refractivity (Wildman–Crippen MR) is 77.2 cm³/mol. The van der Waals surface area contributed by atoms with Crippen LogP contribution in [0.4, 0.5) is 0 Å². The Morgan fingerprint density at radius 2 is 2.12 bits per heavy atom. The molecule has 96 valence electrons. The third-order valence-electron chi connectivity index (χ3n) is 2.07. The number of nitrogens with zero attached hydrogens (tertiary/aromatic N) is 1. The normalized spacial score (nSPS) is 16.5. The SMILES string of the molecule is CCCN(C=S)P(=O)(OCC)SC(C)CC. The summed E-state index contributed by atoms with van der Waals surface area (Å²) in [5.74, 6) is 0. The molecule has 0 aliphatic carbocycles. The highest BCUT2D eigenvalue weighted by Gasteiger charge is 2.31. The van der Waals surface area contributed by atoms with Crippen molar-refractivity contribution in [2.24, 2.45) is 0 Å². The maximum absolute atomic E-state index is 12.7. The summed E-state index contributed by atoms with van der Waals surface area (Å²) in [5.41, 5.74) is 1.47. The highest BCUT2D eigenvalue weighted by molar-refractivity contribution is 8.56. The molecule has 0 amide bonds. The third kappa shape index (κ3) is 5.17. The second-order valence-corrected chi connectivity index (χ2v) is 8.43. The summed E-state index contributed by atoms with van der Waals surface area (Å²) in [4.78, 5) is 0. The first-order chi connectivity index (χ1) is 7.53. The van der Waals surface area contributed by atoms with Crippen LogP contribution in [0.1, 0.15) is 40.5 Å². The molecule has 16 heavy (non-hydrogen) atoms. The zero-order valence-corrected chi connectivity index (χ0v) is 13.0. The Morgan fingerprint density at radius 3 is 2.50 bits per heavy atom. The van der Waals surface area contributed by atoms with Crippen molar-refractivity contribution in [2.45, 2.75) is 45.8 Å². The highest BCUT2D eigenvalue weighted by atomic mass is 32.7. The van der Waals surface area contributed by atoms with E-state index in [-0.39, 0.29) is 0 Å². The Hall–Kier alpha value is 0.430. The molecule has 0 saturated carbocycles. The van der Waals surface area contributed by atoms with Crippen molar-refractivity contribution in [3.8, 4) is 0 Å². The van der Waals surface area contributed by atoms with Gasteiger partial charge in [-0.15, -0.1) is 0 Å². The van der Waals surface area contributed by atoms with E-state index in [9.17, 15) is 4.57 Å². The molecule has 0 aliphatic rings. The number of hydrogen-bond acceptors (Lipinski definition) is 4. The summed E-state index contributed by atoms with van der Waals surface area (Å²) in [6, 6.07) is 0. The van der Waals surface area contributed by atoms with E-state index in [1.165, 1.54) is 16.9 Å². The second kappa shape index (κ2) is 8.51. The summed E-state index contributed by atoms with van der Waals surface area (Å²) >= 11 is 6.33. The van der Waals surface area contributed by atoms with E-state index in [2.05, 4.69) is 13.8 Å². The van der Waals surface area contributed by atoms with Gasteiger partial charge in [-0.1, -0.05) is 33.0 Å². The molecule has 6 heteroatoms. The van der Waals surface area contributed by atoms with Crippen LogP contribution in [0.3, 0.4) is 0 Å². The Kier molecular flexibility index (Phi) is 8.74. The van der Waals surface area contributed by atoms with E-state index in [0.717, 1.165) is 12.8 Å². The summed E-state index contributed by atoms with van der Waals surface area (Å²) in [6.45, 7) is 6.34. The van der Waals surface area contributed by atoms with Crippen LogP contribution in [0, 0.1) is 0 Å². The zero-order chi connectivity index (χ0) is 12.6. The highest BCUT2D eigenvalue weighted by Crippen LogP contribution is 2.63. The van der Waals surface area contributed by atoms with Gasteiger partial charge in [-0.25, -0.2) is 0 Å².